The van der Waals surface area contributed by atoms with Crippen LogP contribution in [0.1, 0.15) is 23.6 Å². The highest BCUT2D eigenvalue weighted by Crippen LogP contribution is 2.42. The summed E-state index contributed by atoms with van der Waals surface area (Å²) in [6, 6.07) is 26.1. The molecule has 0 aromatic heterocycles. The highest BCUT2D eigenvalue weighted by Gasteiger charge is 2.30. The van der Waals surface area contributed by atoms with E-state index in [-0.39, 0.29) is 6.04 Å². The van der Waals surface area contributed by atoms with Gasteiger partial charge in [-0.05, 0) is 29.3 Å². The lowest BCUT2D eigenvalue weighted by molar-refractivity contribution is 0.709. The van der Waals surface area contributed by atoms with Crippen molar-refractivity contribution in [1.29, 1.82) is 0 Å². The molecule has 1 unspecified atom stereocenters. The number of para-hydroxylation sites is 1. The zero-order valence-electron chi connectivity index (χ0n) is 14.6. The first-order valence-electron chi connectivity index (χ1n) is 8.81. The van der Waals surface area contributed by atoms with Gasteiger partial charge in [-0.2, -0.15) is 5.10 Å². The highest BCUT2D eigenvalue weighted by atomic mass is 35.5. The SMILES string of the molecule is Clc1cccc(Cl)c1N1N=C(C=Cc2ccccc2)CC1c1ccccc1. The van der Waals surface area contributed by atoms with E-state index in [1.807, 2.05) is 59.6 Å². The molecule has 1 aliphatic rings. The number of hydrazone groups is 1. The van der Waals surface area contributed by atoms with E-state index in [1.54, 1.807) is 0 Å². The lowest BCUT2D eigenvalue weighted by Gasteiger charge is -2.25. The van der Waals surface area contributed by atoms with Crippen LogP contribution in [-0.2, 0) is 0 Å². The van der Waals surface area contributed by atoms with E-state index in [4.69, 9.17) is 28.3 Å². The van der Waals surface area contributed by atoms with E-state index in [0.717, 1.165) is 23.4 Å². The predicted octanol–water partition coefficient (Wildman–Crippen LogP) is 7.01. The minimum absolute atomic E-state index is 0.0547. The first-order chi connectivity index (χ1) is 13.2. The molecule has 0 saturated carbocycles. The molecule has 134 valence electrons. The van der Waals surface area contributed by atoms with Crippen molar-refractivity contribution in [2.24, 2.45) is 5.10 Å². The molecule has 27 heavy (non-hydrogen) atoms. The average Bonchev–Trinajstić information content (AvgIpc) is 3.12. The van der Waals surface area contributed by atoms with Gasteiger partial charge in [0.15, 0.2) is 0 Å². The third-order valence-corrected chi connectivity index (χ3v) is 5.16. The molecule has 0 amide bonds. The number of anilines is 1. The summed E-state index contributed by atoms with van der Waals surface area (Å²) >= 11 is 12.9. The molecule has 0 fully saturated rings. The molecule has 0 aliphatic carbocycles. The molecule has 0 N–H and O–H groups in total. The van der Waals surface area contributed by atoms with E-state index in [9.17, 15) is 0 Å². The largest absolute Gasteiger partial charge is 0.254 e. The molecule has 0 radical (unpaired) electrons. The maximum Gasteiger partial charge on any atom is 0.0973 e. The number of rotatable bonds is 4. The second kappa shape index (κ2) is 7.99. The van der Waals surface area contributed by atoms with Crippen LogP contribution in [0.5, 0.6) is 0 Å². The third kappa shape index (κ3) is 3.92. The second-order valence-electron chi connectivity index (χ2n) is 6.38. The molecule has 3 aromatic carbocycles. The van der Waals surface area contributed by atoms with Gasteiger partial charge in [0.25, 0.3) is 0 Å². The monoisotopic (exact) mass is 392 g/mol. The van der Waals surface area contributed by atoms with Gasteiger partial charge in [-0.15, -0.1) is 0 Å². The quantitative estimate of drug-likeness (QED) is 0.465. The minimum Gasteiger partial charge on any atom is -0.254 e. The molecular formula is C23H18Cl2N2. The number of benzene rings is 3. The van der Waals surface area contributed by atoms with Crippen LogP contribution >= 0.6 is 23.2 Å². The van der Waals surface area contributed by atoms with Gasteiger partial charge in [0.2, 0.25) is 0 Å². The van der Waals surface area contributed by atoms with Gasteiger partial charge in [-0.25, -0.2) is 0 Å². The van der Waals surface area contributed by atoms with Crippen LogP contribution in [0.25, 0.3) is 6.08 Å². The van der Waals surface area contributed by atoms with Gasteiger partial charge < -0.3 is 0 Å². The number of halogens is 2. The standard InChI is InChI=1S/C23H18Cl2N2/c24-20-12-7-13-21(25)23(20)27-22(18-10-5-2-6-11-18)16-19(26-27)15-14-17-8-3-1-4-9-17/h1-15,22H,16H2. The average molecular weight is 393 g/mol. The Kier molecular flexibility index (Phi) is 5.28. The van der Waals surface area contributed by atoms with Crippen LogP contribution in [0.2, 0.25) is 10.0 Å². The Labute approximate surface area is 169 Å². The van der Waals surface area contributed by atoms with Crippen molar-refractivity contribution < 1.29 is 0 Å². The Hall–Kier alpha value is -2.55. The molecule has 0 saturated heterocycles. The van der Waals surface area contributed by atoms with Gasteiger partial charge in [-0.3, -0.25) is 5.01 Å². The third-order valence-electron chi connectivity index (χ3n) is 4.55. The predicted molar refractivity (Wildman–Crippen MR) is 116 cm³/mol. The Morgan fingerprint density at radius 3 is 2.07 bits per heavy atom. The molecule has 0 spiro atoms. The van der Waals surface area contributed by atoms with Crippen molar-refractivity contribution in [2.75, 3.05) is 5.01 Å². The number of hydrogen-bond donors (Lipinski definition) is 0. The fourth-order valence-corrected chi connectivity index (χ4v) is 3.81. The van der Waals surface area contributed by atoms with Crippen molar-refractivity contribution in [3.05, 3.63) is 106 Å². The molecule has 2 nitrogen and oxygen atoms in total. The van der Waals surface area contributed by atoms with Crippen LogP contribution in [-0.4, -0.2) is 5.71 Å². The van der Waals surface area contributed by atoms with Crippen molar-refractivity contribution in [2.45, 2.75) is 12.5 Å². The number of allylic oxidation sites excluding steroid dienone is 1. The normalized spacial score (nSPS) is 16.7. The molecule has 1 heterocycles. The maximum absolute atomic E-state index is 6.47. The number of nitrogens with zero attached hydrogens (tertiary/aromatic N) is 2. The Balaban J connectivity index is 1.72. The van der Waals surface area contributed by atoms with Crippen molar-refractivity contribution in [1.82, 2.24) is 0 Å². The van der Waals surface area contributed by atoms with E-state index in [0.29, 0.717) is 10.0 Å². The Bertz CT molecular complexity index is 962. The molecule has 4 heteroatoms. The van der Waals surface area contributed by atoms with Crippen molar-refractivity contribution in [3.63, 3.8) is 0 Å². The fourth-order valence-electron chi connectivity index (χ4n) is 3.24. The molecule has 3 aromatic rings. The van der Waals surface area contributed by atoms with Crippen LogP contribution < -0.4 is 5.01 Å². The topological polar surface area (TPSA) is 15.6 Å². The summed E-state index contributed by atoms with van der Waals surface area (Å²) in [5.74, 6) is 0. The maximum atomic E-state index is 6.47. The van der Waals surface area contributed by atoms with Crippen LogP contribution in [0.15, 0.2) is 90.0 Å². The summed E-state index contributed by atoms with van der Waals surface area (Å²) in [6.07, 6.45) is 4.93. The Morgan fingerprint density at radius 2 is 1.41 bits per heavy atom. The molecule has 1 atom stereocenters. The van der Waals surface area contributed by atoms with E-state index in [2.05, 4.69) is 36.4 Å². The van der Waals surface area contributed by atoms with Crippen molar-refractivity contribution in [3.8, 4) is 0 Å². The highest BCUT2D eigenvalue weighted by molar-refractivity contribution is 6.39. The number of hydrogen-bond acceptors (Lipinski definition) is 2. The lowest BCUT2D eigenvalue weighted by Crippen LogP contribution is -2.19. The van der Waals surface area contributed by atoms with Gasteiger partial charge in [-0.1, -0.05) is 96.0 Å². The summed E-state index contributed by atoms with van der Waals surface area (Å²) in [7, 11) is 0. The second-order valence-corrected chi connectivity index (χ2v) is 7.20. The van der Waals surface area contributed by atoms with Gasteiger partial charge in [0.1, 0.15) is 0 Å². The van der Waals surface area contributed by atoms with Gasteiger partial charge >= 0.3 is 0 Å². The Morgan fingerprint density at radius 1 is 0.778 bits per heavy atom. The zero-order valence-corrected chi connectivity index (χ0v) is 16.1. The van der Waals surface area contributed by atoms with E-state index >= 15 is 0 Å². The van der Waals surface area contributed by atoms with E-state index < -0.39 is 0 Å². The van der Waals surface area contributed by atoms with Gasteiger partial charge in [0, 0.05) is 6.42 Å². The smallest absolute Gasteiger partial charge is 0.0973 e. The van der Waals surface area contributed by atoms with Crippen molar-refractivity contribution >= 4 is 40.7 Å². The zero-order chi connectivity index (χ0) is 18.6. The minimum atomic E-state index is 0.0547. The molecule has 1 aliphatic heterocycles. The summed E-state index contributed by atoms with van der Waals surface area (Å²) in [5, 5.41) is 7.99. The lowest BCUT2D eigenvalue weighted by atomic mass is 10.0. The fraction of sp³-hybridized carbons (Fsp3) is 0.0870. The summed E-state index contributed by atoms with van der Waals surface area (Å²) in [5.41, 5.74) is 4.06. The molecular weight excluding hydrogens is 375 g/mol. The van der Waals surface area contributed by atoms with Gasteiger partial charge in [0.05, 0.1) is 27.5 Å². The van der Waals surface area contributed by atoms with E-state index in [1.165, 1.54) is 5.56 Å². The van der Waals surface area contributed by atoms with Crippen LogP contribution in [0, 0.1) is 0 Å². The molecule has 0 bridgehead atoms. The van der Waals surface area contributed by atoms with Crippen LogP contribution in [0.4, 0.5) is 5.69 Å². The first-order valence-corrected chi connectivity index (χ1v) is 9.57. The first kappa shape index (κ1) is 17.8. The summed E-state index contributed by atoms with van der Waals surface area (Å²) in [6.45, 7) is 0. The summed E-state index contributed by atoms with van der Waals surface area (Å²) < 4.78 is 0. The molecule has 4 rings (SSSR count). The summed E-state index contributed by atoms with van der Waals surface area (Å²) in [4.78, 5) is 0. The van der Waals surface area contributed by atoms with Crippen LogP contribution in [0.3, 0.4) is 0 Å².